The van der Waals surface area contributed by atoms with Crippen LogP contribution in [-0.2, 0) is 11.3 Å². The van der Waals surface area contributed by atoms with Crippen LogP contribution in [0.3, 0.4) is 0 Å². The number of fused-ring (bicyclic) bond motifs is 1. The fourth-order valence-electron chi connectivity index (χ4n) is 4.41. The molecule has 1 unspecified atom stereocenters. The first-order valence-electron chi connectivity index (χ1n) is 11.7. The fraction of sp³-hybridized carbons (Fsp3) is 0.385. The van der Waals surface area contributed by atoms with E-state index < -0.39 is 0 Å². The van der Waals surface area contributed by atoms with Crippen molar-refractivity contribution in [1.82, 2.24) is 24.6 Å². The summed E-state index contributed by atoms with van der Waals surface area (Å²) in [7, 11) is 0. The molecule has 8 heteroatoms. The third-order valence-electron chi connectivity index (χ3n) is 6.11. The summed E-state index contributed by atoms with van der Waals surface area (Å²) in [6.45, 7) is 8.00. The molecule has 0 saturated carbocycles. The van der Waals surface area contributed by atoms with Crippen molar-refractivity contribution in [2.24, 2.45) is 0 Å². The quantitative estimate of drug-likeness (QED) is 0.364. The summed E-state index contributed by atoms with van der Waals surface area (Å²) in [5.74, 6) is -0.0374. The van der Waals surface area contributed by atoms with Crippen LogP contribution in [0.5, 0.6) is 0 Å². The van der Waals surface area contributed by atoms with Crippen molar-refractivity contribution >= 4 is 28.3 Å². The lowest BCUT2D eigenvalue weighted by Gasteiger charge is -2.26. The topological polar surface area (TPSA) is 73.1 Å². The number of aryl methyl sites for hydroxylation is 1. The van der Waals surface area contributed by atoms with Crippen molar-refractivity contribution in [3.63, 3.8) is 0 Å². The number of carbonyl (C=O) groups is 1. The van der Waals surface area contributed by atoms with Gasteiger partial charge in [-0.1, -0.05) is 6.07 Å². The molecule has 1 fully saturated rings. The Hall–Kier alpha value is -3.10. The van der Waals surface area contributed by atoms with Crippen molar-refractivity contribution in [2.75, 3.05) is 13.2 Å². The van der Waals surface area contributed by atoms with E-state index >= 15 is 0 Å². The molecule has 0 radical (unpaired) electrons. The van der Waals surface area contributed by atoms with Crippen molar-refractivity contribution in [3.8, 4) is 10.6 Å². The second kappa shape index (κ2) is 9.64. The first-order chi connectivity index (χ1) is 16.5. The molecule has 4 aromatic rings. The zero-order valence-corrected chi connectivity index (χ0v) is 20.6. The number of carbonyl (C=O) groups excluding carboxylic acids is 1. The zero-order chi connectivity index (χ0) is 23.7. The summed E-state index contributed by atoms with van der Waals surface area (Å²) in [6, 6.07) is 10.1. The predicted molar refractivity (Wildman–Crippen MR) is 134 cm³/mol. The van der Waals surface area contributed by atoms with E-state index in [0.717, 1.165) is 46.6 Å². The minimum absolute atomic E-state index is 0.0374. The molecule has 1 atom stereocenters. The van der Waals surface area contributed by atoms with Gasteiger partial charge in [-0.3, -0.25) is 9.78 Å². The van der Waals surface area contributed by atoms with Gasteiger partial charge in [0.1, 0.15) is 0 Å². The van der Waals surface area contributed by atoms with Gasteiger partial charge in [0.2, 0.25) is 0 Å². The van der Waals surface area contributed by atoms with Gasteiger partial charge in [-0.2, -0.15) is 5.10 Å². The Morgan fingerprint density at radius 3 is 2.85 bits per heavy atom. The molecular weight excluding hydrogens is 446 g/mol. The molecular formula is C26H29N5O2S. The van der Waals surface area contributed by atoms with Gasteiger partial charge in [-0.25, -0.2) is 9.67 Å². The fourth-order valence-corrected chi connectivity index (χ4v) is 5.24. The third kappa shape index (κ3) is 4.60. The maximum atomic E-state index is 14.1. The average Bonchev–Trinajstić information content (AvgIpc) is 3.59. The Morgan fingerprint density at radius 2 is 2.18 bits per heavy atom. The Labute approximate surface area is 203 Å². The molecule has 4 aromatic heterocycles. The number of aromatic nitrogens is 4. The number of ether oxygens (including phenoxy) is 1. The Morgan fingerprint density at radius 1 is 1.29 bits per heavy atom. The van der Waals surface area contributed by atoms with Crippen molar-refractivity contribution in [3.05, 3.63) is 64.9 Å². The Balaban J connectivity index is 1.59. The number of pyridine rings is 2. The van der Waals surface area contributed by atoms with Gasteiger partial charge in [0.05, 0.1) is 33.8 Å². The monoisotopic (exact) mass is 475 g/mol. The van der Waals surface area contributed by atoms with E-state index in [1.807, 2.05) is 34.0 Å². The normalized spacial score (nSPS) is 15.9. The minimum Gasteiger partial charge on any atom is -0.376 e. The number of hydrogen-bond acceptors (Lipinski definition) is 6. The summed E-state index contributed by atoms with van der Waals surface area (Å²) in [6.07, 6.45) is 7.38. The van der Waals surface area contributed by atoms with E-state index in [1.54, 1.807) is 23.7 Å². The molecule has 176 valence electrons. The van der Waals surface area contributed by atoms with Crippen LogP contribution in [-0.4, -0.2) is 49.8 Å². The van der Waals surface area contributed by atoms with Crippen LogP contribution in [0.4, 0.5) is 0 Å². The third-order valence-corrected chi connectivity index (χ3v) is 7.13. The molecule has 1 amide bonds. The molecule has 1 saturated heterocycles. The van der Waals surface area contributed by atoms with Crippen molar-refractivity contribution in [1.29, 1.82) is 0 Å². The predicted octanol–water partition coefficient (Wildman–Crippen LogP) is 5.27. The van der Waals surface area contributed by atoms with Crippen LogP contribution >= 0.6 is 11.3 Å². The highest BCUT2D eigenvalue weighted by Crippen LogP contribution is 2.31. The summed E-state index contributed by atoms with van der Waals surface area (Å²) in [4.78, 5) is 27.4. The number of thiophene rings is 1. The van der Waals surface area contributed by atoms with Gasteiger partial charge in [-0.05, 0) is 63.4 Å². The van der Waals surface area contributed by atoms with E-state index in [9.17, 15) is 4.79 Å². The Kier molecular flexibility index (Phi) is 6.43. The van der Waals surface area contributed by atoms with Crippen LogP contribution in [0.1, 0.15) is 53.5 Å². The lowest BCUT2D eigenvalue weighted by Crippen LogP contribution is -2.37. The zero-order valence-electron chi connectivity index (χ0n) is 19.8. The van der Waals surface area contributed by atoms with Crippen LogP contribution in [0.15, 0.2) is 48.9 Å². The van der Waals surface area contributed by atoms with Gasteiger partial charge in [0.15, 0.2) is 5.65 Å². The molecule has 1 aliphatic rings. The van der Waals surface area contributed by atoms with Gasteiger partial charge >= 0.3 is 0 Å². The summed E-state index contributed by atoms with van der Waals surface area (Å²) in [5, 5.41) is 5.35. The molecule has 5 heterocycles. The van der Waals surface area contributed by atoms with Gasteiger partial charge in [-0.15, -0.1) is 11.3 Å². The highest BCUT2D eigenvalue weighted by Gasteiger charge is 2.27. The van der Waals surface area contributed by atoms with Crippen molar-refractivity contribution < 1.29 is 9.53 Å². The van der Waals surface area contributed by atoms with E-state index in [0.29, 0.717) is 18.7 Å². The number of rotatable bonds is 7. The smallest absolute Gasteiger partial charge is 0.255 e. The lowest BCUT2D eigenvalue weighted by molar-refractivity contribution is 0.0508. The number of nitrogens with zero attached hydrogens (tertiary/aromatic N) is 5. The van der Waals surface area contributed by atoms with E-state index in [2.05, 4.69) is 43.0 Å². The number of amides is 1. The molecule has 1 aliphatic heterocycles. The summed E-state index contributed by atoms with van der Waals surface area (Å²) >= 11 is 1.68. The first kappa shape index (κ1) is 22.7. The molecule has 0 bridgehead atoms. The van der Waals surface area contributed by atoms with E-state index in [-0.39, 0.29) is 18.1 Å². The van der Waals surface area contributed by atoms with Gasteiger partial charge in [0, 0.05) is 43.0 Å². The second-order valence-electron chi connectivity index (χ2n) is 9.07. The largest absolute Gasteiger partial charge is 0.376 e. The molecule has 7 nitrogen and oxygen atoms in total. The van der Waals surface area contributed by atoms with Gasteiger partial charge < -0.3 is 9.64 Å². The standard InChI is InChI=1S/C26H29N5O2S/c1-17(2)31-25-22(14-28-31)21(12-23(29-25)24-9-8-18(3)34-24)26(32)30(16-20-7-5-11-33-20)15-19-6-4-10-27-13-19/h4,6,8-10,12-14,17,20H,5,7,11,15-16H2,1-3H3. The van der Waals surface area contributed by atoms with Crippen LogP contribution in [0.25, 0.3) is 21.6 Å². The maximum Gasteiger partial charge on any atom is 0.255 e. The first-order valence-corrected chi connectivity index (χ1v) is 12.6. The molecule has 34 heavy (non-hydrogen) atoms. The molecule has 0 aromatic carbocycles. The highest BCUT2D eigenvalue weighted by molar-refractivity contribution is 7.15. The molecule has 0 N–H and O–H groups in total. The second-order valence-corrected chi connectivity index (χ2v) is 10.4. The summed E-state index contributed by atoms with van der Waals surface area (Å²) in [5.41, 5.74) is 3.15. The van der Waals surface area contributed by atoms with Crippen LogP contribution < -0.4 is 0 Å². The molecule has 5 rings (SSSR count). The Bertz CT molecular complexity index is 1290. The van der Waals surface area contributed by atoms with E-state index in [1.165, 1.54) is 4.88 Å². The highest BCUT2D eigenvalue weighted by atomic mass is 32.1. The van der Waals surface area contributed by atoms with Crippen molar-refractivity contribution in [2.45, 2.75) is 52.3 Å². The van der Waals surface area contributed by atoms with Crippen LogP contribution in [0.2, 0.25) is 0 Å². The molecule has 0 spiro atoms. The SMILES string of the molecule is Cc1ccc(-c2cc(C(=O)N(Cc3cccnc3)CC3CCCO3)c3cnn(C(C)C)c3n2)s1. The van der Waals surface area contributed by atoms with Gasteiger partial charge in [0.25, 0.3) is 5.91 Å². The average molecular weight is 476 g/mol. The summed E-state index contributed by atoms with van der Waals surface area (Å²) < 4.78 is 7.78. The lowest BCUT2D eigenvalue weighted by atomic mass is 10.1. The minimum atomic E-state index is -0.0374. The van der Waals surface area contributed by atoms with Crippen LogP contribution in [0, 0.1) is 6.92 Å². The number of hydrogen-bond donors (Lipinski definition) is 0. The maximum absolute atomic E-state index is 14.1. The van der Waals surface area contributed by atoms with E-state index in [4.69, 9.17) is 9.72 Å². The molecule has 0 aliphatic carbocycles.